The van der Waals surface area contributed by atoms with E-state index in [1.54, 1.807) is 30.1 Å². The third-order valence-electron chi connectivity index (χ3n) is 4.62. The molecule has 0 aliphatic carbocycles. The summed E-state index contributed by atoms with van der Waals surface area (Å²) in [6, 6.07) is 9.90. The van der Waals surface area contributed by atoms with Gasteiger partial charge in [0.1, 0.15) is 23.5 Å². The summed E-state index contributed by atoms with van der Waals surface area (Å²) in [5.74, 6) is -1.13. The lowest BCUT2D eigenvalue weighted by molar-refractivity contribution is 0.0942. The second-order valence-electron chi connectivity index (χ2n) is 6.59. The topological polar surface area (TPSA) is 79.8 Å². The summed E-state index contributed by atoms with van der Waals surface area (Å²) >= 11 is 0. The van der Waals surface area contributed by atoms with E-state index in [9.17, 15) is 18.4 Å². The number of carbonyl (C=O) groups is 1. The zero-order chi connectivity index (χ0) is 20.5. The highest BCUT2D eigenvalue weighted by Gasteiger charge is 2.23. The maximum atomic E-state index is 13.8. The van der Waals surface area contributed by atoms with Crippen molar-refractivity contribution in [1.29, 1.82) is 0 Å². The normalized spacial score (nSPS) is 12.1. The number of imidazole rings is 1. The van der Waals surface area contributed by atoms with Crippen LogP contribution in [-0.2, 0) is 7.05 Å². The molecule has 8 heteroatoms. The number of rotatable bonds is 4. The number of aromatic nitrogens is 3. The van der Waals surface area contributed by atoms with E-state index in [0.717, 1.165) is 6.07 Å². The number of fused-ring (bicyclic) bond motifs is 1. The van der Waals surface area contributed by atoms with Gasteiger partial charge in [0.25, 0.3) is 5.91 Å². The van der Waals surface area contributed by atoms with Crippen molar-refractivity contribution >= 4 is 16.8 Å². The Kier molecular flexibility index (Phi) is 4.67. The van der Waals surface area contributed by atoms with E-state index < -0.39 is 29.1 Å². The SMILES string of the molecule is Cn1ccnc1C(NC(=O)c1cc(=O)[nH]c2ccc(F)cc12)c1cccc(F)c1. The molecule has 2 aromatic heterocycles. The van der Waals surface area contributed by atoms with Crippen LogP contribution >= 0.6 is 0 Å². The molecule has 0 saturated heterocycles. The molecular formula is C21H16F2N4O2. The summed E-state index contributed by atoms with van der Waals surface area (Å²) in [5.41, 5.74) is 0.337. The summed E-state index contributed by atoms with van der Waals surface area (Å²) in [7, 11) is 1.75. The minimum absolute atomic E-state index is 0.0128. The second-order valence-corrected chi connectivity index (χ2v) is 6.59. The largest absolute Gasteiger partial charge is 0.338 e. The maximum absolute atomic E-state index is 13.8. The lowest BCUT2D eigenvalue weighted by atomic mass is 10.0. The van der Waals surface area contributed by atoms with E-state index in [1.165, 1.54) is 36.4 Å². The van der Waals surface area contributed by atoms with Gasteiger partial charge in [-0.2, -0.15) is 0 Å². The second kappa shape index (κ2) is 7.31. The van der Waals surface area contributed by atoms with Gasteiger partial charge < -0.3 is 14.9 Å². The maximum Gasteiger partial charge on any atom is 0.253 e. The van der Waals surface area contributed by atoms with E-state index in [-0.39, 0.29) is 10.9 Å². The fraction of sp³-hybridized carbons (Fsp3) is 0.0952. The van der Waals surface area contributed by atoms with Crippen molar-refractivity contribution in [3.63, 3.8) is 0 Å². The Morgan fingerprint density at radius 3 is 2.66 bits per heavy atom. The van der Waals surface area contributed by atoms with E-state index in [4.69, 9.17) is 0 Å². The molecule has 2 N–H and O–H groups in total. The smallest absolute Gasteiger partial charge is 0.253 e. The number of halogens is 2. The Hall–Kier alpha value is -3.81. The van der Waals surface area contributed by atoms with Crippen LogP contribution in [0.1, 0.15) is 27.8 Å². The van der Waals surface area contributed by atoms with Gasteiger partial charge in [-0.05, 0) is 35.9 Å². The first kappa shape index (κ1) is 18.5. The van der Waals surface area contributed by atoms with Gasteiger partial charge >= 0.3 is 0 Å². The van der Waals surface area contributed by atoms with Gasteiger partial charge in [-0.25, -0.2) is 13.8 Å². The highest BCUT2D eigenvalue weighted by Crippen LogP contribution is 2.23. The number of pyridine rings is 1. The Morgan fingerprint density at radius 2 is 1.93 bits per heavy atom. The zero-order valence-electron chi connectivity index (χ0n) is 15.3. The first-order valence-corrected chi connectivity index (χ1v) is 8.78. The van der Waals surface area contributed by atoms with Crippen LogP contribution in [0.2, 0.25) is 0 Å². The predicted molar refractivity (Wildman–Crippen MR) is 103 cm³/mol. The van der Waals surface area contributed by atoms with Gasteiger partial charge in [-0.15, -0.1) is 0 Å². The molecule has 0 saturated carbocycles. The van der Waals surface area contributed by atoms with Crippen LogP contribution in [0.15, 0.2) is 65.7 Å². The summed E-state index contributed by atoms with van der Waals surface area (Å²) in [4.78, 5) is 31.9. The van der Waals surface area contributed by atoms with Crippen molar-refractivity contribution in [1.82, 2.24) is 19.9 Å². The molecule has 2 aromatic carbocycles. The molecule has 29 heavy (non-hydrogen) atoms. The highest BCUT2D eigenvalue weighted by atomic mass is 19.1. The number of aryl methyl sites for hydroxylation is 1. The van der Waals surface area contributed by atoms with Crippen molar-refractivity contribution in [2.24, 2.45) is 7.05 Å². The van der Waals surface area contributed by atoms with Crippen molar-refractivity contribution in [2.75, 3.05) is 0 Å². The number of carbonyl (C=O) groups excluding carboxylic acids is 1. The summed E-state index contributed by atoms with van der Waals surface area (Å²) in [5, 5.41) is 3.06. The molecule has 0 aliphatic rings. The standard InChI is InChI=1S/C21H16F2N4O2/c1-27-8-7-24-20(27)19(12-3-2-4-13(22)9-12)26-21(29)16-11-18(28)25-17-6-5-14(23)10-15(16)17/h2-11,19H,1H3,(H,25,28)(H,26,29). The molecule has 4 aromatic rings. The van der Waals surface area contributed by atoms with Crippen molar-refractivity contribution in [2.45, 2.75) is 6.04 Å². The van der Waals surface area contributed by atoms with Gasteiger partial charge in [0.15, 0.2) is 0 Å². The number of H-pyrrole nitrogens is 1. The lowest BCUT2D eigenvalue weighted by Crippen LogP contribution is -2.32. The number of nitrogens with zero attached hydrogens (tertiary/aromatic N) is 2. The minimum Gasteiger partial charge on any atom is -0.338 e. The minimum atomic E-state index is -0.777. The van der Waals surface area contributed by atoms with Crippen LogP contribution < -0.4 is 10.9 Å². The van der Waals surface area contributed by atoms with E-state index in [2.05, 4.69) is 15.3 Å². The van der Waals surface area contributed by atoms with Crippen LogP contribution in [0.25, 0.3) is 10.9 Å². The monoisotopic (exact) mass is 394 g/mol. The Labute approximate surface area is 163 Å². The summed E-state index contributed by atoms with van der Waals surface area (Å²) in [6.07, 6.45) is 3.26. The predicted octanol–water partition coefficient (Wildman–Crippen LogP) is 3.06. The zero-order valence-corrected chi connectivity index (χ0v) is 15.3. The number of hydrogen-bond acceptors (Lipinski definition) is 3. The van der Waals surface area contributed by atoms with Crippen LogP contribution in [-0.4, -0.2) is 20.4 Å². The molecular weight excluding hydrogens is 378 g/mol. The van der Waals surface area contributed by atoms with Crippen LogP contribution in [0.4, 0.5) is 8.78 Å². The van der Waals surface area contributed by atoms with Crippen LogP contribution in [0, 0.1) is 11.6 Å². The van der Waals surface area contributed by atoms with Crippen molar-refractivity contribution < 1.29 is 13.6 Å². The molecule has 1 amide bonds. The number of amides is 1. The average Bonchev–Trinajstić information content (AvgIpc) is 3.11. The summed E-state index contributed by atoms with van der Waals surface area (Å²) in [6.45, 7) is 0. The molecule has 0 spiro atoms. The first-order chi connectivity index (χ1) is 13.9. The van der Waals surface area contributed by atoms with Gasteiger partial charge in [0, 0.05) is 36.4 Å². The van der Waals surface area contributed by atoms with Crippen molar-refractivity contribution in [3.8, 4) is 0 Å². The number of benzene rings is 2. The van der Waals surface area contributed by atoms with Crippen molar-refractivity contribution in [3.05, 3.63) is 99.9 Å². The molecule has 6 nitrogen and oxygen atoms in total. The third-order valence-corrected chi connectivity index (χ3v) is 4.62. The lowest BCUT2D eigenvalue weighted by Gasteiger charge is -2.20. The number of nitrogens with one attached hydrogen (secondary N) is 2. The quantitative estimate of drug-likeness (QED) is 0.558. The number of aromatic amines is 1. The van der Waals surface area contributed by atoms with Gasteiger partial charge in [-0.3, -0.25) is 9.59 Å². The Morgan fingerprint density at radius 1 is 1.14 bits per heavy atom. The molecule has 2 heterocycles. The van der Waals surface area contributed by atoms with E-state index >= 15 is 0 Å². The molecule has 0 aliphatic heterocycles. The molecule has 4 rings (SSSR count). The van der Waals surface area contributed by atoms with Crippen LogP contribution in [0.5, 0.6) is 0 Å². The summed E-state index contributed by atoms with van der Waals surface area (Å²) < 4.78 is 29.3. The molecule has 146 valence electrons. The van der Waals surface area contributed by atoms with E-state index in [1.807, 2.05) is 0 Å². The Balaban J connectivity index is 1.80. The highest BCUT2D eigenvalue weighted by molar-refractivity contribution is 6.06. The number of hydrogen-bond donors (Lipinski definition) is 2. The van der Waals surface area contributed by atoms with Crippen LogP contribution in [0.3, 0.4) is 0 Å². The molecule has 0 radical (unpaired) electrons. The van der Waals surface area contributed by atoms with Gasteiger partial charge in [0.2, 0.25) is 5.56 Å². The molecule has 1 unspecified atom stereocenters. The first-order valence-electron chi connectivity index (χ1n) is 8.78. The fourth-order valence-electron chi connectivity index (χ4n) is 3.26. The molecule has 1 atom stereocenters. The van der Waals surface area contributed by atoms with Gasteiger partial charge in [-0.1, -0.05) is 12.1 Å². The van der Waals surface area contributed by atoms with E-state index in [0.29, 0.717) is 16.9 Å². The average molecular weight is 394 g/mol. The Bertz CT molecular complexity index is 1280. The molecule has 0 fully saturated rings. The third kappa shape index (κ3) is 3.64. The van der Waals surface area contributed by atoms with Gasteiger partial charge in [0.05, 0.1) is 5.56 Å². The molecule has 0 bridgehead atoms. The fourth-order valence-corrected chi connectivity index (χ4v) is 3.26.